The summed E-state index contributed by atoms with van der Waals surface area (Å²) in [5, 5.41) is 2.37. The number of hydrogen-bond donors (Lipinski definition) is 1. The molecule has 1 aliphatic heterocycles. The molecule has 3 aliphatic rings. The maximum atomic E-state index is 14.8. The Labute approximate surface area is 211 Å². The van der Waals surface area contributed by atoms with Crippen molar-refractivity contribution < 1.29 is 31.5 Å². The van der Waals surface area contributed by atoms with Gasteiger partial charge in [-0.1, -0.05) is 25.4 Å². The van der Waals surface area contributed by atoms with Crippen LogP contribution in [0.2, 0.25) is 5.02 Å². The summed E-state index contributed by atoms with van der Waals surface area (Å²) in [6, 6.07) is 2.31. The summed E-state index contributed by atoms with van der Waals surface area (Å²) in [4.78, 5) is 18.7. The number of nitrogens with zero attached hydrogens (tertiary/aromatic N) is 2. The van der Waals surface area contributed by atoms with Gasteiger partial charge in [0.1, 0.15) is 12.2 Å². The highest BCUT2D eigenvalue weighted by Gasteiger charge is 2.47. The van der Waals surface area contributed by atoms with Gasteiger partial charge in [-0.3, -0.25) is 4.79 Å². The number of nitrogens with one attached hydrogen (secondary N) is 1. The van der Waals surface area contributed by atoms with E-state index in [1.807, 2.05) is 0 Å². The number of carbonyl (C=O) groups is 1. The topological polar surface area (TPSA) is 67.6 Å². The number of alkyl halides is 3. The molecule has 2 aliphatic carbocycles. The van der Waals surface area contributed by atoms with Crippen LogP contribution in [0.5, 0.6) is 5.75 Å². The van der Waals surface area contributed by atoms with Gasteiger partial charge in [0.15, 0.2) is 17.3 Å². The lowest BCUT2D eigenvalue weighted by atomic mass is 9.75. The Morgan fingerprint density at radius 3 is 2.47 bits per heavy atom. The quantitative estimate of drug-likeness (QED) is 0.389. The number of hydrogen-bond acceptors (Lipinski definition) is 5. The van der Waals surface area contributed by atoms with Crippen molar-refractivity contribution in [2.75, 3.05) is 23.3 Å². The standard InChI is InChI=1S/C25H28ClF4N3O3/c1-3-24(4-2)11-33(12-24)23-32-20(19(36-23)10-25(28,29)30)22(34)31-15-8-17(26)21(18(27)9-15)35-16-6-13-5-14(13)7-16/h8-9,13-14,16H,3-7,10-12H2,1-2H3,(H,31,34)/t13-,14?,16+/m1/s1. The highest BCUT2D eigenvalue weighted by Crippen LogP contribution is 2.53. The molecule has 0 radical (unpaired) electrons. The predicted molar refractivity (Wildman–Crippen MR) is 126 cm³/mol. The summed E-state index contributed by atoms with van der Waals surface area (Å²) in [5.41, 5.74) is -0.459. The SMILES string of the molecule is CCC1(CC)CN(c2nc(C(=O)Nc3cc(F)c(O[C@@H]4CC5C[C@@H]5C4)c(Cl)c3)c(CC(F)(F)F)o2)C1. The van der Waals surface area contributed by atoms with Gasteiger partial charge in [-0.25, -0.2) is 4.39 Å². The largest absolute Gasteiger partial charge is 0.486 e. The minimum atomic E-state index is -4.60. The Hall–Kier alpha value is -2.49. The second kappa shape index (κ2) is 9.11. The summed E-state index contributed by atoms with van der Waals surface area (Å²) in [7, 11) is 0. The average Bonchev–Trinajstić information content (AvgIpc) is 3.17. The molecule has 36 heavy (non-hydrogen) atoms. The molecule has 5 rings (SSSR count). The first-order valence-corrected chi connectivity index (χ1v) is 12.7. The van der Waals surface area contributed by atoms with Gasteiger partial charge in [-0.15, -0.1) is 0 Å². The molecule has 0 bridgehead atoms. The highest BCUT2D eigenvalue weighted by atomic mass is 35.5. The van der Waals surface area contributed by atoms with Gasteiger partial charge >= 0.3 is 6.18 Å². The number of benzene rings is 1. The number of oxazole rings is 1. The Balaban J connectivity index is 1.32. The first kappa shape index (κ1) is 25.2. The smallest absolute Gasteiger partial charge is 0.396 e. The van der Waals surface area contributed by atoms with E-state index in [-0.39, 0.29) is 34.0 Å². The van der Waals surface area contributed by atoms with Gasteiger partial charge in [0, 0.05) is 30.3 Å². The van der Waals surface area contributed by atoms with Crippen LogP contribution < -0.4 is 15.0 Å². The summed E-state index contributed by atoms with van der Waals surface area (Å²) in [6.45, 7) is 5.28. The van der Waals surface area contributed by atoms with Crippen molar-refractivity contribution in [2.45, 2.75) is 64.7 Å². The van der Waals surface area contributed by atoms with Gasteiger partial charge in [0.25, 0.3) is 11.9 Å². The van der Waals surface area contributed by atoms with E-state index < -0.39 is 35.8 Å². The zero-order valence-corrected chi connectivity index (χ0v) is 20.8. The molecule has 1 unspecified atom stereocenters. The number of anilines is 2. The molecule has 196 valence electrons. The average molecular weight is 530 g/mol. The molecule has 2 aromatic rings. The van der Waals surface area contributed by atoms with E-state index in [1.54, 1.807) is 4.90 Å². The third kappa shape index (κ3) is 5.01. The van der Waals surface area contributed by atoms with E-state index in [9.17, 15) is 22.4 Å². The lowest BCUT2D eigenvalue weighted by Crippen LogP contribution is -2.56. The molecule has 1 N–H and O–H groups in total. The summed E-state index contributed by atoms with van der Waals surface area (Å²) >= 11 is 6.23. The number of halogens is 5. The van der Waals surface area contributed by atoms with Crippen LogP contribution in [-0.2, 0) is 6.42 Å². The minimum absolute atomic E-state index is 0.0217. The molecular weight excluding hydrogens is 502 g/mol. The van der Waals surface area contributed by atoms with Crippen LogP contribution in [0.15, 0.2) is 16.5 Å². The van der Waals surface area contributed by atoms with Gasteiger partial charge in [-0.2, -0.15) is 18.2 Å². The molecule has 1 aromatic carbocycles. The van der Waals surface area contributed by atoms with Crippen molar-refractivity contribution >= 4 is 29.2 Å². The van der Waals surface area contributed by atoms with Crippen molar-refractivity contribution in [2.24, 2.45) is 17.3 Å². The van der Waals surface area contributed by atoms with Crippen LogP contribution in [0.1, 0.15) is 62.2 Å². The zero-order valence-electron chi connectivity index (χ0n) is 20.1. The van der Waals surface area contributed by atoms with E-state index in [0.29, 0.717) is 24.9 Å². The predicted octanol–water partition coefficient (Wildman–Crippen LogP) is 6.63. The number of carbonyl (C=O) groups excluding carboxylic acids is 1. The van der Waals surface area contributed by atoms with E-state index >= 15 is 0 Å². The van der Waals surface area contributed by atoms with Gasteiger partial charge in [-0.05, 0) is 50.0 Å². The van der Waals surface area contributed by atoms with Crippen molar-refractivity contribution in [1.82, 2.24) is 4.98 Å². The third-order valence-electron chi connectivity index (χ3n) is 7.83. The van der Waals surface area contributed by atoms with Crippen LogP contribution in [0.4, 0.5) is 29.3 Å². The molecule has 1 aromatic heterocycles. The molecule has 1 saturated heterocycles. The highest BCUT2D eigenvalue weighted by molar-refractivity contribution is 6.32. The number of aromatic nitrogens is 1. The van der Waals surface area contributed by atoms with Crippen LogP contribution in [0, 0.1) is 23.1 Å². The van der Waals surface area contributed by atoms with E-state index in [1.165, 1.54) is 12.5 Å². The molecule has 2 heterocycles. The minimum Gasteiger partial charge on any atom is -0.486 e. The summed E-state index contributed by atoms with van der Waals surface area (Å²) in [5.74, 6) is -1.09. The molecule has 3 atom stereocenters. The fourth-order valence-corrected chi connectivity index (χ4v) is 5.66. The molecule has 2 saturated carbocycles. The van der Waals surface area contributed by atoms with Crippen LogP contribution in [-0.4, -0.2) is 36.3 Å². The number of ether oxygens (including phenoxy) is 1. The third-order valence-corrected chi connectivity index (χ3v) is 8.11. The van der Waals surface area contributed by atoms with Gasteiger partial charge in [0.2, 0.25) is 0 Å². The van der Waals surface area contributed by atoms with Crippen LogP contribution >= 0.6 is 11.6 Å². The molecule has 0 spiro atoms. The maximum absolute atomic E-state index is 14.8. The number of amides is 1. The Morgan fingerprint density at radius 2 is 1.89 bits per heavy atom. The van der Waals surface area contributed by atoms with E-state index in [2.05, 4.69) is 24.1 Å². The van der Waals surface area contributed by atoms with Crippen LogP contribution in [0.25, 0.3) is 0 Å². The zero-order chi connectivity index (χ0) is 25.8. The molecule has 1 amide bonds. The normalized spacial score (nSPS) is 24.3. The Morgan fingerprint density at radius 1 is 1.22 bits per heavy atom. The van der Waals surface area contributed by atoms with Crippen LogP contribution in [0.3, 0.4) is 0 Å². The van der Waals surface area contributed by atoms with E-state index in [4.69, 9.17) is 20.8 Å². The van der Waals surface area contributed by atoms with E-state index in [0.717, 1.165) is 31.7 Å². The monoisotopic (exact) mass is 529 g/mol. The second-order valence-electron chi connectivity index (χ2n) is 10.3. The molecule has 11 heteroatoms. The summed E-state index contributed by atoms with van der Waals surface area (Å²) in [6.07, 6.45) is -1.40. The van der Waals surface area contributed by atoms with Crippen molar-refractivity contribution in [3.63, 3.8) is 0 Å². The maximum Gasteiger partial charge on any atom is 0.396 e. The molecule has 6 nitrogen and oxygen atoms in total. The second-order valence-corrected chi connectivity index (χ2v) is 10.7. The first-order chi connectivity index (χ1) is 17.0. The van der Waals surface area contributed by atoms with Gasteiger partial charge in [0.05, 0.1) is 11.1 Å². The van der Waals surface area contributed by atoms with Gasteiger partial charge < -0.3 is 19.4 Å². The number of rotatable bonds is 8. The fourth-order valence-electron chi connectivity index (χ4n) is 5.41. The van der Waals surface area contributed by atoms with Crippen molar-refractivity contribution in [3.05, 3.63) is 34.4 Å². The summed E-state index contributed by atoms with van der Waals surface area (Å²) < 4.78 is 65.5. The fraction of sp³-hybridized carbons (Fsp3) is 0.600. The van der Waals surface area contributed by atoms with Crippen molar-refractivity contribution in [3.8, 4) is 5.75 Å². The molecular formula is C25H28ClF4N3O3. The Bertz CT molecular complexity index is 1120. The molecule has 3 fully saturated rings. The Kier molecular flexibility index (Phi) is 6.37. The lowest BCUT2D eigenvalue weighted by Gasteiger charge is -2.49. The first-order valence-electron chi connectivity index (χ1n) is 12.3. The number of fused-ring (bicyclic) bond motifs is 1. The lowest BCUT2D eigenvalue weighted by molar-refractivity contribution is -0.130. The van der Waals surface area contributed by atoms with Crippen molar-refractivity contribution in [1.29, 1.82) is 0 Å².